The van der Waals surface area contributed by atoms with Crippen molar-refractivity contribution in [2.45, 2.75) is 137 Å². The van der Waals surface area contributed by atoms with Crippen molar-refractivity contribution in [3.8, 4) is 0 Å². The summed E-state index contributed by atoms with van der Waals surface area (Å²) >= 11 is 0. The van der Waals surface area contributed by atoms with Gasteiger partial charge in [0, 0.05) is 24.9 Å². The number of nitrogens with one attached hydrogen (secondary N) is 1. The molecule has 0 spiro atoms. The zero-order chi connectivity index (χ0) is 25.3. The Morgan fingerprint density at radius 2 is 1.53 bits per heavy atom. The second kappa shape index (κ2) is 10.7. The van der Waals surface area contributed by atoms with E-state index in [4.69, 9.17) is 0 Å². The second-order valence-electron chi connectivity index (χ2n) is 14.9. The highest BCUT2D eigenvalue weighted by atomic mass is 16.1. The van der Waals surface area contributed by atoms with Crippen molar-refractivity contribution in [2.75, 3.05) is 13.6 Å². The van der Waals surface area contributed by atoms with Crippen LogP contribution < -0.4 is 5.32 Å². The lowest BCUT2D eigenvalue weighted by molar-refractivity contribution is -0.126. The van der Waals surface area contributed by atoms with Crippen LogP contribution in [0.5, 0.6) is 0 Å². The third-order valence-corrected chi connectivity index (χ3v) is 9.02. The highest BCUT2D eigenvalue weighted by Crippen LogP contribution is 2.49. The molecule has 0 aromatic heterocycles. The Kier molecular flexibility index (Phi) is 8.77. The predicted molar refractivity (Wildman–Crippen MR) is 142 cm³/mol. The summed E-state index contributed by atoms with van der Waals surface area (Å²) in [6.07, 6.45) is 12.3. The van der Waals surface area contributed by atoms with E-state index >= 15 is 0 Å². The summed E-state index contributed by atoms with van der Waals surface area (Å²) in [5.74, 6) is 2.09. The molecule has 3 rings (SSSR count). The summed E-state index contributed by atoms with van der Waals surface area (Å²) in [4.78, 5) is 28.4. The van der Waals surface area contributed by atoms with Crippen LogP contribution >= 0.6 is 0 Å². The van der Waals surface area contributed by atoms with E-state index in [1.165, 1.54) is 38.5 Å². The van der Waals surface area contributed by atoms with Gasteiger partial charge >= 0.3 is 0 Å². The largest absolute Gasteiger partial charge is 0.310 e. The Balaban J connectivity index is 1.43. The Bertz CT molecular complexity index is 690. The van der Waals surface area contributed by atoms with Crippen molar-refractivity contribution < 1.29 is 9.59 Å². The van der Waals surface area contributed by atoms with Crippen LogP contribution in [-0.2, 0) is 9.59 Å². The first kappa shape index (κ1) is 27.8. The van der Waals surface area contributed by atoms with Crippen LogP contribution in [0.1, 0.15) is 119 Å². The lowest BCUT2D eigenvalue weighted by Crippen LogP contribution is -2.52. The number of Topliss-reactive ketones (excluding diaryl/α,β-unsaturated/α-hetero) is 2. The molecule has 0 amide bonds. The topological polar surface area (TPSA) is 49.4 Å². The molecule has 3 aliphatic rings. The normalized spacial score (nSPS) is 30.3. The van der Waals surface area contributed by atoms with Crippen LogP contribution in [0.15, 0.2) is 0 Å². The average Bonchev–Trinajstić information content (AvgIpc) is 2.87. The van der Waals surface area contributed by atoms with Gasteiger partial charge in [0.2, 0.25) is 0 Å². The number of carbonyl (C=O) groups excluding carboxylic acids is 2. The fourth-order valence-corrected chi connectivity index (χ4v) is 8.45. The Labute approximate surface area is 210 Å². The first-order valence-corrected chi connectivity index (χ1v) is 14.2. The quantitative estimate of drug-likeness (QED) is 0.397. The maximum Gasteiger partial charge on any atom is 0.164 e. The number of nitrogens with zero attached hydrogens (tertiary/aromatic N) is 1. The third-order valence-electron chi connectivity index (χ3n) is 9.02. The van der Waals surface area contributed by atoms with Gasteiger partial charge in [0.25, 0.3) is 0 Å². The Morgan fingerprint density at radius 1 is 0.971 bits per heavy atom. The van der Waals surface area contributed by atoms with Crippen molar-refractivity contribution in [1.82, 2.24) is 10.2 Å². The molecule has 4 heteroatoms. The summed E-state index contributed by atoms with van der Waals surface area (Å²) in [5.41, 5.74) is 0.801. The SMILES string of the molecule is CNC(C(=O)CN1[C@@H]2CC[C@H]1CC(CC(=O)CCCC1CC(C)(C)CC(C)(C)C1)C2)C(C)(C)C. The van der Waals surface area contributed by atoms with E-state index in [-0.39, 0.29) is 11.5 Å². The minimum atomic E-state index is -0.105. The van der Waals surface area contributed by atoms with E-state index < -0.39 is 0 Å². The van der Waals surface area contributed by atoms with E-state index in [0.29, 0.717) is 46.9 Å². The van der Waals surface area contributed by atoms with Crippen molar-refractivity contribution >= 4 is 11.6 Å². The molecule has 2 unspecified atom stereocenters. The van der Waals surface area contributed by atoms with E-state index in [1.54, 1.807) is 0 Å². The third kappa shape index (κ3) is 7.38. The number of likely N-dealkylation sites (N-methyl/N-ethyl adjacent to an activating group) is 1. The molecule has 1 N–H and O–H groups in total. The molecule has 196 valence electrons. The molecular formula is C30H54N2O2. The summed E-state index contributed by atoms with van der Waals surface area (Å²) in [5, 5.41) is 3.25. The van der Waals surface area contributed by atoms with E-state index in [1.807, 2.05) is 7.05 Å². The number of carbonyl (C=O) groups is 2. The van der Waals surface area contributed by atoms with Crippen LogP contribution in [0.2, 0.25) is 0 Å². The summed E-state index contributed by atoms with van der Waals surface area (Å²) < 4.78 is 0. The monoisotopic (exact) mass is 474 g/mol. The van der Waals surface area contributed by atoms with Gasteiger partial charge in [-0.2, -0.15) is 0 Å². The first-order chi connectivity index (χ1) is 15.7. The molecule has 34 heavy (non-hydrogen) atoms. The van der Waals surface area contributed by atoms with Crippen LogP contribution in [-0.4, -0.2) is 48.2 Å². The van der Waals surface area contributed by atoms with Gasteiger partial charge in [0.05, 0.1) is 12.6 Å². The van der Waals surface area contributed by atoms with Crippen LogP contribution in [0.25, 0.3) is 0 Å². The summed E-state index contributed by atoms with van der Waals surface area (Å²) in [6, 6.07) is 0.876. The maximum absolute atomic E-state index is 13.0. The molecular weight excluding hydrogens is 420 g/mol. The fourth-order valence-electron chi connectivity index (χ4n) is 8.45. The Morgan fingerprint density at radius 3 is 2.03 bits per heavy atom. The smallest absolute Gasteiger partial charge is 0.164 e. The standard InChI is InChI=1S/C30H54N2O2/c1-28(2,3)27(31-8)26(34)19-32-23-12-13-24(32)15-22(14-23)16-25(33)11-9-10-21-17-29(4,5)20-30(6,7)18-21/h21-24,27,31H,9-20H2,1-8H3/t22?,23-,24+,27?. The van der Waals surface area contributed by atoms with E-state index in [0.717, 1.165) is 38.0 Å². The number of fused-ring (bicyclic) bond motifs is 2. The Hall–Kier alpha value is -0.740. The van der Waals surface area contributed by atoms with E-state index in [9.17, 15) is 9.59 Å². The van der Waals surface area contributed by atoms with Gasteiger partial charge in [0.1, 0.15) is 5.78 Å². The van der Waals surface area contributed by atoms with Crippen LogP contribution in [0.3, 0.4) is 0 Å². The lowest BCUT2D eigenvalue weighted by atomic mass is 9.61. The average molecular weight is 475 g/mol. The van der Waals surface area contributed by atoms with Gasteiger partial charge in [-0.1, -0.05) is 48.5 Å². The number of rotatable bonds is 10. The van der Waals surface area contributed by atoms with Gasteiger partial charge in [-0.25, -0.2) is 0 Å². The summed E-state index contributed by atoms with van der Waals surface area (Å²) in [6.45, 7) is 16.6. The summed E-state index contributed by atoms with van der Waals surface area (Å²) in [7, 11) is 1.90. The molecule has 3 fully saturated rings. The van der Waals surface area contributed by atoms with Crippen molar-refractivity contribution in [1.29, 1.82) is 0 Å². The zero-order valence-corrected chi connectivity index (χ0v) is 23.6. The fraction of sp³-hybridized carbons (Fsp3) is 0.933. The maximum atomic E-state index is 13.0. The molecule has 0 aromatic rings. The first-order valence-electron chi connectivity index (χ1n) is 14.2. The lowest BCUT2D eigenvalue weighted by Gasteiger charge is -2.45. The van der Waals surface area contributed by atoms with E-state index in [2.05, 4.69) is 58.7 Å². The van der Waals surface area contributed by atoms with Crippen molar-refractivity contribution in [3.63, 3.8) is 0 Å². The zero-order valence-electron chi connectivity index (χ0n) is 23.6. The number of hydrogen-bond donors (Lipinski definition) is 1. The predicted octanol–water partition coefficient (Wildman–Crippen LogP) is 6.41. The van der Waals surface area contributed by atoms with Gasteiger partial charge in [-0.05, 0) is 92.9 Å². The highest BCUT2D eigenvalue weighted by molar-refractivity contribution is 5.86. The van der Waals surface area contributed by atoms with Crippen molar-refractivity contribution in [2.24, 2.45) is 28.1 Å². The second-order valence-corrected chi connectivity index (χ2v) is 14.9. The number of hydrogen-bond acceptors (Lipinski definition) is 4. The molecule has 1 saturated carbocycles. The molecule has 2 saturated heterocycles. The number of ketones is 2. The van der Waals surface area contributed by atoms with Crippen LogP contribution in [0, 0.1) is 28.1 Å². The minimum absolute atomic E-state index is 0.0707. The molecule has 1 aliphatic carbocycles. The number of piperidine rings is 1. The molecule has 0 radical (unpaired) electrons. The minimum Gasteiger partial charge on any atom is -0.310 e. The van der Waals surface area contributed by atoms with Crippen molar-refractivity contribution in [3.05, 3.63) is 0 Å². The van der Waals surface area contributed by atoms with Gasteiger partial charge in [-0.3, -0.25) is 14.5 Å². The molecule has 4 atom stereocenters. The molecule has 2 bridgehead atoms. The van der Waals surface area contributed by atoms with Gasteiger partial charge in [0.15, 0.2) is 5.78 Å². The molecule has 0 aromatic carbocycles. The van der Waals surface area contributed by atoms with Crippen LogP contribution in [0.4, 0.5) is 0 Å². The van der Waals surface area contributed by atoms with Gasteiger partial charge in [-0.15, -0.1) is 0 Å². The highest BCUT2D eigenvalue weighted by Gasteiger charge is 2.43. The van der Waals surface area contributed by atoms with Gasteiger partial charge < -0.3 is 5.32 Å². The molecule has 4 nitrogen and oxygen atoms in total. The molecule has 2 heterocycles. The molecule has 2 aliphatic heterocycles.